The number of ether oxygens (including phenoxy) is 1. The number of hydrogen-bond acceptors (Lipinski definition) is 4. The van der Waals surface area contributed by atoms with Gasteiger partial charge in [-0.25, -0.2) is 0 Å². The largest absolute Gasteiger partial charge is 0.480 e. The molecule has 0 saturated carbocycles. The molecule has 0 aromatic carbocycles. The summed E-state index contributed by atoms with van der Waals surface area (Å²) in [5.41, 5.74) is 0. The van der Waals surface area contributed by atoms with Crippen LogP contribution in [0.2, 0.25) is 0 Å². The average molecular weight is 307 g/mol. The number of carboxylic acids is 1. The van der Waals surface area contributed by atoms with Crippen molar-refractivity contribution >= 4 is 24.3 Å². The predicted molar refractivity (Wildman–Crippen MR) is 76.1 cm³/mol. The Balaban J connectivity index is 0.00000200. The van der Waals surface area contributed by atoms with Crippen molar-refractivity contribution in [3.63, 3.8) is 0 Å². The molecule has 7 heteroatoms. The van der Waals surface area contributed by atoms with Crippen LogP contribution in [0.5, 0.6) is 0 Å². The third-order valence-corrected chi connectivity index (χ3v) is 3.76. The molecule has 0 aromatic rings. The van der Waals surface area contributed by atoms with E-state index < -0.39 is 12.0 Å². The van der Waals surface area contributed by atoms with Crippen molar-refractivity contribution in [2.75, 3.05) is 26.2 Å². The molecule has 2 aliphatic rings. The zero-order chi connectivity index (χ0) is 14.0. The van der Waals surface area contributed by atoms with Crippen molar-refractivity contribution in [3.05, 3.63) is 0 Å². The van der Waals surface area contributed by atoms with Crippen LogP contribution in [0.25, 0.3) is 0 Å². The number of carboxylic acid groups (broad SMARTS) is 1. The summed E-state index contributed by atoms with van der Waals surface area (Å²) in [7, 11) is 0. The van der Waals surface area contributed by atoms with E-state index in [0.717, 1.165) is 6.42 Å². The molecule has 2 fully saturated rings. The molecule has 3 unspecified atom stereocenters. The Kier molecular flexibility index (Phi) is 6.23. The minimum absolute atomic E-state index is 0. The van der Waals surface area contributed by atoms with Crippen molar-refractivity contribution in [1.29, 1.82) is 0 Å². The Labute approximate surface area is 125 Å². The van der Waals surface area contributed by atoms with Crippen molar-refractivity contribution in [3.8, 4) is 0 Å². The van der Waals surface area contributed by atoms with Crippen molar-refractivity contribution in [1.82, 2.24) is 9.80 Å². The Morgan fingerprint density at radius 2 is 1.85 bits per heavy atom. The SMILES string of the molecule is CC1CN(C(=O)CN2CCCC2C(=O)O)CC(C)O1.Cl. The van der Waals surface area contributed by atoms with Crippen LogP contribution in [0.1, 0.15) is 26.7 Å². The molecule has 2 saturated heterocycles. The fourth-order valence-corrected chi connectivity index (χ4v) is 2.95. The predicted octanol–water partition coefficient (Wildman–Crippen LogP) is 0.593. The third-order valence-electron chi connectivity index (χ3n) is 3.76. The van der Waals surface area contributed by atoms with Gasteiger partial charge in [0.05, 0.1) is 18.8 Å². The first-order valence-corrected chi connectivity index (χ1v) is 6.87. The van der Waals surface area contributed by atoms with Gasteiger partial charge in [0.15, 0.2) is 0 Å². The molecule has 2 aliphatic heterocycles. The third kappa shape index (κ3) is 4.07. The summed E-state index contributed by atoms with van der Waals surface area (Å²) in [4.78, 5) is 26.9. The second-order valence-corrected chi connectivity index (χ2v) is 5.52. The van der Waals surface area contributed by atoms with E-state index >= 15 is 0 Å². The first kappa shape index (κ1) is 17.2. The summed E-state index contributed by atoms with van der Waals surface area (Å²) in [5, 5.41) is 9.10. The molecule has 0 aliphatic carbocycles. The van der Waals surface area contributed by atoms with Crippen LogP contribution in [0, 0.1) is 0 Å². The van der Waals surface area contributed by atoms with E-state index in [-0.39, 0.29) is 37.1 Å². The highest BCUT2D eigenvalue weighted by Gasteiger charge is 2.34. The van der Waals surface area contributed by atoms with Gasteiger partial charge < -0.3 is 14.7 Å². The standard InChI is InChI=1S/C13H22N2O4.ClH/c1-9-6-15(7-10(2)19-9)12(16)8-14-5-3-4-11(14)13(17)18;/h9-11H,3-8H2,1-2H3,(H,17,18);1H. The van der Waals surface area contributed by atoms with Crippen LogP contribution < -0.4 is 0 Å². The van der Waals surface area contributed by atoms with Gasteiger partial charge in [-0.2, -0.15) is 0 Å². The lowest BCUT2D eigenvalue weighted by atomic mass is 10.2. The number of aliphatic carboxylic acids is 1. The maximum Gasteiger partial charge on any atom is 0.320 e. The van der Waals surface area contributed by atoms with Crippen molar-refractivity contribution in [2.45, 2.75) is 44.9 Å². The van der Waals surface area contributed by atoms with Crippen molar-refractivity contribution < 1.29 is 19.4 Å². The van der Waals surface area contributed by atoms with Gasteiger partial charge in [0, 0.05) is 13.1 Å². The van der Waals surface area contributed by atoms with E-state index in [9.17, 15) is 9.59 Å². The molecule has 1 amide bonds. The van der Waals surface area contributed by atoms with Gasteiger partial charge in [-0.1, -0.05) is 0 Å². The smallest absolute Gasteiger partial charge is 0.320 e. The molecule has 0 spiro atoms. The van der Waals surface area contributed by atoms with Gasteiger partial charge in [-0.15, -0.1) is 12.4 Å². The molecule has 0 radical (unpaired) electrons. The van der Waals surface area contributed by atoms with Gasteiger partial charge in [0.25, 0.3) is 0 Å². The normalized spacial score (nSPS) is 30.9. The monoisotopic (exact) mass is 306 g/mol. The molecule has 6 nitrogen and oxygen atoms in total. The van der Waals surface area contributed by atoms with Crippen molar-refractivity contribution in [2.24, 2.45) is 0 Å². The summed E-state index contributed by atoms with van der Waals surface area (Å²) in [6, 6.07) is -0.500. The molecule has 1 N–H and O–H groups in total. The highest BCUT2D eigenvalue weighted by molar-refractivity contribution is 5.85. The molecule has 20 heavy (non-hydrogen) atoms. The molecule has 2 rings (SSSR count). The Morgan fingerprint density at radius 1 is 1.25 bits per heavy atom. The Bertz CT molecular complexity index is 356. The van der Waals surface area contributed by atoms with Crippen LogP contribution in [-0.4, -0.2) is 71.2 Å². The summed E-state index contributed by atoms with van der Waals surface area (Å²) >= 11 is 0. The highest BCUT2D eigenvalue weighted by atomic mass is 35.5. The molecule has 116 valence electrons. The van der Waals surface area contributed by atoms with Gasteiger partial charge in [-0.05, 0) is 33.2 Å². The lowest BCUT2D eigenvalue weighted by Crippen LogP contribution is -2.52. The topological polar surface area (TPSA) is 70.1 Å². The number of hydrogen-bond donors (Lipinski definition) is 1. The number of amides is 1. The fourth-order valence-electron chi connectivity index (χ4n) is 2.95. The number of nitrogens with zero attached hydrogens (tertiary/aromatic N) is 2. The van der Waals surface area contributed by atoms with E-state index in [4.69, 9.17) is 9.84 Å². The number of likely N-dealkylation sites (tertiary alicyclic amines) is 1. The minimum atomic E-state index is -0.825. The van der Waals surface area contributed by atoms with E-state index in [1.807, 2.05) is 13.8 Å². The first-order valence-electron chi connectivity index (χ1n) is 6.87. The number of morpholine rings is 1. The molecular formula is C13H23ClN2O4. The van der Waals surface area contributed by atoms with Gasteiger partial charge >= 0.3 is 5.97 Å². The molecule has 2 heterocycles. The summed E-state index contributed by atoms with van der Waals surface area (Å²) < 4.78 is 5.59. The average Bonchev–Trinajstić information content (AvgIpc) is 2.75. The van der Waals surface area contributed by atoms with Crippen LogP contribution in [0.4, 0.5) is 0 Å². The first-order chi connectivity index (χ1) is 8.97. The summed E-state index contributed by atoms with van der Waals surface area (Å²) in [6.45, 7) is 5.98. The lowest BCUT2D eigenvalue weighted by molar-refractivity contribution is -0.147. The molecule has 3 atom stereocenters. The maximum atomic E-state index is 12.2. The number of carbonyl (C=O) groups excluding carboxylic acids is 1. The fraction of sp³-hybridized carbons (Fsp3) is 0.846. The van der Waals surface area contributed by atoms with Gasteiger partial charge in [-0.3, -0.25) is 14.5 Å². The zero-order valence-corrected chi connectivity index (χ0v) is 12.8. The van der Waals surface area contributed by atoms with E-state index in [1.54, 1.807) is 9.80 Å². The molecule has 0 bridgehead atoms. The zero-order valence-electron chi connectivity index (χ0n) is 11.9. The van der Waals surface area contributed by atoms with Crippen LogP contribution in [0.3, 0.4) is 0 Å². The Hall–Kier alpha value is -0.850. The minimum Gasteiger partial charge on any atom is -0.480 e. The second kappa shape index (κ2) is 7.24. The van der Waals surface area contributed by atoms with Gasteiger partial charge in [0.1, 0.15) is 6.04 Å². The van der Waals surface area contributed by atoms with E-state index in [0.29, 0.717) is 26.1 Å². The molecular weight excluding hydrogens is 284 g/mol. The summed E-state index contributed by atoms with van der Waals surface area (Å²) in [5.74, 6) is -0.816. The Morgan fingerprint density at radius 3 is 2.40 bits per heavy atom. The van der Waals surface area contributed by atoms with Crippen LogP contribution in [-0.2, 0) is 14.3 Å². The number of halogens is 1. The second-order valence-electron chi connectivity index (χ2n) is 5.52. The number of carbonyl (C=O) groups is 2. The van der Waals surface area contributed by atoms with E-state index in [1.165, 1.54) is 0 Å². The maximum absolute atomic E-state index is 12.2. The van der Waals surface area contributed by atoms with Crippen LogP contribution >= 0.6 is 12.4 Å². The highest BCUT2D eigenvalue weighted by Crippen LogP contribution is 2.18. The number of rotatable bonds is 3. The van der Waals surface area contributed by atoms with E-state index in [2.05, 4.69) is 0 Å². The molecule has 0 aromatic heterocycles. The van der Waals surface area contributed by atoms with Crippen LogP contribution in [0.15, 0.2) is 0 Å². The van der Waals surface area contributed by atoms with Gasteiger partial charge in [0.2, 0.25) is 5.91 Å². The quantitative estimate of drug-likeness (QED) is 0.826. The summed E-state index contributed by atoms with van der Waals surface area (Å²) in [6.07, 6.45) is 1.57. The lowest BCUT2D eigenvalue weighted by Gasteiger charge is -2.36.